The average molecular weight is 274 g/mol. The summed E-state index contributed by atoms with van der Waals surface area (Å²) in [5.74, 6) is 0.447. The van der Waals surface area contributed by atoms with Gasteiger partial charge in [-0.2, -0.15) is 0 Å². The van der Waals surface area contributed by atoms with Gasteiger partial charge in [-0.3, -0.25) is 9.64 Å². The van der Waals surface area contributed by atoms with Crippen molar-refractivity contribution in [2.75, 3.05) is 25.6 Å². The second kappa shape index (κ2) is 7.44. The number of halogens is 4. The highest BCUT2D eigenvalue weighted by molar-refractivity contribution is 6.18. The van der Waals surface area contributed by atoms with E-state index in [1.165, 1.54) is 6.42 Å². The van der Waals surface area contributed by atoms with Crippen LogP contribution >= 0.6 is 11.6 Å². The van der Waals surface area contributed by atoms with E-state index in [4.69, 9.17) is 11.6 Å². The van der Waals surface area contributed by atoms with E-state index in [0.717, 1.165) is 25.7 Å². The Kier molecular flexibility index (Phi) is 6.59. The van der Waals surface area contributed by atoms with Crippen LogP contribution in [-0.4, -0.2) is 42.9 Å². The van der Waals surface area contributed by atoms with Crippen LogP contribution in [0.25, 0.3) is 0 Å². The van der Waals surface area contributed by atoms with Crippen molar-refractivity contribution >= 4 is 11.6 Å². The maximum atomic E-state index is 11.9. The molecule has 102 valence electrons. The molecule has 1 aliphatic rings. The van der Waals surface area contributed by atoms with E-state index in [-0.39, 0.29) is 6.61 Å². The first kappa shape index (κ1) is 15.1. The fraction of sp³-hybridized carbons (Fsp3) is 1.00. The molecule has 0 bridgehead atoms. The van der Waals surface area contributed by atoms with E-state index in [1.54, 1.807) is 0 Å². The molecule has 1 rings (SSSR count). The molecule has 0 radical (unpaired) electrons. The largest absolute Gasteiger partial charge is 0.522 e. The number of ether oxygens (including phenoxy) is 1. The highest BCUT2D eigenvalue weighted by Gasteiger charge is 2.29. The van der Waals surface area contributed by atoms with Crippen molar-refractivity contribution in [1.29, 1.82) is 0 Å². The molecule has 0 N–H and O–H groups in total. The molecule has 0 heterocycles. The first-order valence-corrected chi connectivity index (χ1v) is 6.57. The summed E-state index contributed by atoms with van der Waals surface area (Å²) in [5.41, 5.74) is 0. The zero-order valence-corrected chi connectivity index (χ0v) is 10.6. The van der Waals surface area contributed by atoms with E-state index in [1.807, 2.05) is 4.90 Å². The molecule has 0 amide bonds. The van der Waals surface area contributed by atoms with Crippen LogP contribution in [-0.2, 0) is 4.74 Å². The van der Waals surface area contributed by atoms with Crippen LogP contribution in [0.15, 0.2) is 0 Å². The van der Waals surface area contributed by atoms with Gasteiger partial charge in [-0.15, -0.1) is 24.8 Å². The molecule has 0 aromatic rings. The minimum Gasteiger partial charge on any atom is -0.297 e. The molecule has 0 unspecified atom stereocenters. The van der Waals surface area contributed by atoms with Gasteiger partial charge >= 0.3 is 6.36 Å². The van der Waals surface area contributed by atoms with Crippen LogP contribution in [0.2, 0.25) is 0 Å². The molecule has 1 saturated carbocycles. The standard InChI is InChI=1S/C11H19ClF3NO/c12-6-7-16(8-9-17-11(13,14)15)10-4-2-1-3-5-10/h10H,1-9H2. The van der Waals surface area contributed by atoms with E-state index < -0.39 is 6.36 Å². The molecule has 1 aliphatic carbocycles. The van der Waals surface area contributed by atoms with Gasteiger partial charge in [-0.1, -0.05) is 19.3 Å². The normalized spacial score (nSPS) is 18.9. The maximum Gasteiger partial charge on any atom is 0.522 e. The second-order valence-corrected chi connectivity index (χ2v) is 4.69. The quantitative estimate of drug-likeness (QED) is 0.688. The number of hydrogen-bond acceptors (Lipinski definition) is 2. The van der Waals surface area contributed by atoms with Gasteiger partial charge in [0.05, 0.1) is 6.61 Å². The predicted molar refractivity (Wildman–Crippen MR) is 61.2 cm³/mol. The Morgan fingerprint density at radius 3 is 2.29 bits per heavy atom. The van der Waals surface area contributed by atoms with Crippen molar-refractivity contribution < 1.29 is 17.9 Å². The van der Waals surface area contributed by atoms with Gasteiger partial charge < -0.3 is 0 Å². The number of rotatable bonds is 6. The van der Waals surface area contributed by atoms with Gasteiger partial charge in [-0.05, 0) is 12.8 Å². The molecular weight excluding hydrogens is 255 g/mol. The lowest BCUT2D eigenvalue weighted by Gasteiger charge is -2.33. The first-order valence-electron chi connectivity index (χ1n) is 6.03. The zero-order valence-electron chi connectivity index (χ0n) is 9.81. The van der Waals surface area contributed by atoms with Gasteiger partial charge in [0, 0.05) is 25.0 Å². The van der Waals surface area contributed by atoms with Crippen LogP contribution in [0.4, 0.5) is 13.2 Å². The lowest BCUT2D eigenvalue weighted by atomic mass is 9.94. The third kappa shape index (κ3) is 6.48. The molecule has 0 spiro atoms. The van der Waals surface area contributed by atoms with Gasteiger partial charge in [0.1, 0.15) is 0 Å². The Morgan fingerprint density at radius 1 is 1.12 bits per heavy atom. The third-order valence-corrected chi connectivity index (χ3v) is 3.28. The molecule has 0 aliphatic heterocycles. The monoisotopic (exact) mass is 273 g/mol. The molecular formula is C11H19ClF3NO. The van der Waals surface area contributed by atoms with Crippen molar-refractivity contribution in [3.05, 3.63) is 0 Å². The van der Waals surface area contributed by atoms with E-state index >= 15 is 0 Å². The molecule has 17 heavy (non-hydrogen) atoms. The van der Waals surface area contributed by atoms with Crippen LogP contribution in [0.3, 0.4) is 0 Å². The summed E-state index contributed by atoms with van der Waals surface area (Å²) in [7, 11) is 0. The lowest BCUT2D eigenvalue weighted by Crippen LogP contribution is -2.40. The molecule has 6 heteroatoms. The Hall–Kier alpha value is 0. The van der Waals surface area contributed by atoms with Crippen molar-refractivity contribution in [2.45, 2.75) is 44.5 Å². The molecule has 0 aromatic heterocycles. The van der Waals surface area contributed by atoms with Crippen molar-refractivity contribution in [1.82, 2.24) is 4.90 Å². The Labute approximate surface area is 105 Å². The van der Waals surface area contributed by atoms with Crippen LogP contribution < -0.4 is 0 Å². The first-order chi connectivity index (χ1) is 8.03. The van der Waals surface area contributed by atoms with Gasteiger partial charge in [-0.25, -0.2) is 0 Å². The molecule has 2 nitrogen and oxygen atoms in total. The Balaban J connectivity index is 2.31. The van der Waals surface area contributed by atoms with Gasteiger partial charge in [0.2, 0.25) is 0 Å². The van der Waals surface area contributed by atoms with Crippen LogP contribution in [0, 0.1) is 0 Å². The van der Waals surface area contributed by atoms with E-state index in [0.29, 0.717) is 25.0 Å². The minimum atomic E-state index is -4.53. The summed E-state index contributed by atoms with van der Waals surface area (Å²) in [5, 5.41) is 0. The Morgan fingerprint density at radius 2 is 1.76 bits per heavy atom. The fourth-order valence-corrected chi connectivity index (χ4v) is 2.53. The van der Waals surface area contributed by atoms with Crippen molar-refractivity contribution in [3.8, 4) is 0 Å². The summed E-state index contributed by atoms with van der Waals surface area (Å²) in [6.45, 7) is 0.626. The summed E-state index contributed by atoms with van der Waals surface area (Å²) in [6, 6.07) is 0.374. The van der Waals surface area contributed by atoms with Crippen molar-refractivity contribution in [3.63, 3.8) is 0 Å². The van der Waals surface area contributed by atoms with Gasteiger partial charge in [0.25, 0.3) is 0 Å². The van der Waals surface area contributed by atoms with Gasteiger partial charge in [0.15, 0.2) is 0 Å². The van der Waals surface area contributed by atoms with E-state index in [2.05, 4.69) is 4.74 Å². The highest BCUT2D eigenvalue weighted by atomic mass is 35.5. The topological polar surface area (TPSA) is 12.5 Å². The predicted octanol–water partition coefficient (Wildman–Crippen LogP) is 3.40. The molecule has 0 saturated heterocycles. The molecule has 0 aromatic carbocycles. The van der Waals surface area contributed by atoms with Crippen LogP contribution in [0.5, 0.6) is 0 Å². The molecule has 1 fully saturated rings. The number of hydrogen-bond donors (Lipinski definition) is 0. The summed E-state index contributed by atoms with van der Waals surface area (Å²) < 4.78 is 39.4. The number of nitrogens with zero attached hydrogens (tertiary/aromatic N) is 1. The smallest absolute Gasteiger partial charge is 0.297 e. The van der Waals surface area contributed by atoms with Crippen molar-refractivity contribution in [2.24, 2.45) is 0 Å². The number of alkyl halides is 4. The maximum absolute atomic E-state index is 11.9. The lowest BCUT2D eigenvalue weighted by molar-refractivity contribution is -0.325. The summed E-state index contributed by atoms with van der Waals surface area (Å²) in [4.78, 5) is 2.03. The average Bonchev–Trinajstić information content (AvgIpc) is 2.27. The Bertz CT molecular complexity index is 207. The molecule has 0 atom stereocenters. The summed E-state index contributed by atoms with van der Waals surface area (Å²) >= 11 is 5.68. The minimum absolute atomic E-state index is 0.302. The van der Waals surface area contributed by atoms with Crippen LogP contribution in [0.1, 0.15) is 32.1 Å². The second-order valence-electron chi connectivity index (χ2n) is 4.31. The summed E-state index contributed by atoms with van der Waals surface area (Å²) in [6.07, 6.45) is 1.13. The third-order valence-electron chi connectivity index (χ3n) is 3.11. The zero-order chi connectivity index (χ0) is 12.7. The fourth-order valence-electron chi connectivity index (χ4n) is 2.31. The van der Waals surface area contributed by atoms with E-state index in [9.17, 15) is 13.2 Å². The highest BCUT2D eigenvalue weighted by Crippen LogP contribution is 2.23. The SMILES string of the molecule is FC(F)(F)OCCN(CCCl)C1CCCCC1.